The van der Waals surface area contributed by atoms with Crippen LogP contribution in [0.25, 0.3) is 0 Å². The molecule has 2 unspecified atom stereocenters. The fourth-order valence-electron chi connectivity index (χ4n) is 2.36. The van der Waals surface area contributed by atoms with Crippen molar-refractivity contribution in [2.24, 2.45) is 17.1 Å². The molecular weight excluding hydrogens is 146 g/mol. The molecule has 2 N–H and O–H groups in total. The summed E-state index contributed by atoms with van der Waals surface area (Å²) in [5.41, 5.74) is 8.13. The molecule has 68 valence electrons. The minimum absolute atomic E-state index is 0.516. The Balaban J connectivity index is 2.01. The molecule has 2 aliphatic rings. The van der Waals surface area contributed by atoms with Crippen LogP contribution in [-0.4, -0.2) is 6.04 Å². The van der Waals surface area contributed by atoms with Gasteiger partial charge in [0.15, 0.2) is 0 Å². The molecule has 1 fully saturated rings. The Morgan fingerprint density at radius 2 is 2.25 bits per heavy atom. The van der Waals surface area contributed by atoms with Gasteiger partial charge in [-0.05, 0) is 37.0 Å². The summed E-state index contributed by atoms with van der Waals surface area (Å²) in [5.74, 6) is 0.748. The van der Waals surface area contributed by atoms with Crippen molar-refractivity contribution in [3.8, 4) is 0 Å². The van der Waals surface area contributed by atoms with Crippen LogP contribution in [0.1, 0.15) is 39.5 Å². The van der Waals surface area contributed by atoms with Crippen LogP contribution in [0.2, 0.25) is 0 Å². The largest absolute Gasteiger partial charge is 0.327 e. The fraction of sp³-hybridized carbons (Fsp3) is 0.818. The lowest BCUT2D eigenvalue weighted by atomic mass is 9.82. The summed E-state index contributed by atoms with van der Waals surface area (Å²) in [4.78, 5) is 0. The molecule has 1 nitrogen and oxygen atoms in total. The predicted octanol–water partition coefficient (Wildman–Crippen LogP) is 2.47. The van der Waals surface area contributed by atoms with Crippen molar-refractivity contribution < 1.29 is 0 Å². The minimum atomic E-state index is 0.516. The molecule has 0 aromatic heterocycles. The van der Waals surface area contributed by atoms with Gasteiger partial charge < -0.3 is 5.73 Å². The van der Waals surface area contributed by atoms with Gasteiger partial charge in [-0.2, -0.15) is 0 Å². The van der Waals surface area contributed by atoms with Crippen LogP contribution in [0.5, 0.6) is 0 Å². The summed E-state index contributed by atoms with van der Waals surface area (Å²) < 4.78 is 0. The van der Waals surface area contributed by atoms with Gasteiger partial charge in [0.2, 0.25) is 0 Å². The number of hydrogen-bond acceptors (Lipinski definition) is 1. The molecule has 1 spiro atoms. The van der Waals surface area contributed by atoms with Crippen molar-refractivity contribution in [1.29, 1.82) is 0 Å². The van der Waals surface area contributed by atoms with Crippen LogP contribution >= 0.6 is 0 Å². The smallest absolute Gasteiger partial charge is 0.0105 e. The minimum Gasteiger partial charge on any atom is -0.327 e. The third kappa shape index (κ3) is 1.20. The maximum Gasteiger partial charge on any atom is 0.0105 e. The summed E-state index contributed by atoms with van der Waals surface area (Å²) in [5, 5.41) is 0. The van der Waals surface area contributed by atoms with Gasteiger partial charge in [-0.25, -0.2) is 0 Å². The summed E-state index contributed by atoms with van der Waals surface area (Å²) in [6.07, 6.45) is 7.61. The van der Waals surface area contributed by atoms with E-state index < -0.39 is 0 Å². The van der Waals surface area contributed by atoms with E-state index in [0.717, 1.165) is 5.92 Å². The van der Waals surface area contributed by atoms with Crippen molar-refractivity contribution in [1.82, 2.24) is 0 Å². The molecule has 0 aromatic carbocycles. The summed E-state index contributed by atoms with van der Waals surface area (Å²) in [6, 6.07) is 0.516. The Morgan fingerprint density at radius 1 is 1.58 bits per heavy atom. The first-order valence-electron chi connectivity index (χ1n) is 5.08. The monoisotopic (exact) mass is 165 g/mol. The van der Waals surface area contributed by atoms with Crippen LogP contribution in [0.15, 0.2) is 11.6 Å². The van der Waals surface area contributed by atoms with E-state index in [1.807, 2.05) is 0 Å². The van der Waals surface area contributed by atoms with Crippen molar-refractivity contribution in [2.45, 2.75) is 45.6 Å². The highest BCUT2D eigenvalue weighted by Crippen LogP contribution is 2.54. The van der Waals surface area contributed by atoms with E-state index in [4.69, 9.17) is 5.73 Å². The van der Waals surface area contributed by atoms with Gasteiger partial charge in [-0.15, -0.1) is 0 Å². The third-order valence-electron chi connectivity index (χ3n) is 3.68. The zero-order chi connectivity index (χ0) is 8.77. The third-order valence-corrected chi connectivity index (χ3v) is 3.68. The fourth-order valence-corrected chi connectivity index (χ4v) is 2.36. The van der Waals surface area contributed by atoms with E-state index in [1.165, 1.54) is 25.7 Å². The van der Waals surface area contributed by atoms with Crippen molar-refractivity contribution in [3.05, 3.63) is 11.6 Å². The summed E-state index contributed by atoms with van der Waals surface area (Å²) >= 11 is 0. The normalized spacial score (nSPS) is 40.3. The van der Waals surface area contributed by atoms with E-state index in [9.17, 15) is 0 Å². The Bertz CT molecular complexity index is 217. The molecule has 2 aliphatic carbocycles. The first-order chi connectivity index (χ1) is 5.64. The maximum atomic E-state index is 5.92. The van der Waals surface area contributed by atoms with E-state index >= 15 is 0 Å². The summed E-state index contributed by atoms with van der Waals surface area (Å²) in [6.45, 7) is 4.58. The molecule has 1 saturated carbocycles. The molecule has 0 aliphatic heterocycles. The standard InChI is InChI=1S/C11H19N/c1-8(2)9-3-5-11(6-4-9)7-10(11)12/h3,8,10H,4-7,12H2,1-2H3. The van der Waals surface area contributed by atoms with Gasteiger partial charge in [-0.1, -0.05) is 25.5 Å². The Hall–Kier alpha value is -0.300. The Labute approximate surface area is 75.0 Å². The lowest BCUT2D eigenvalue weighted by Gasteiger charge is -2.23. The van der Waals surface area contributed by atoms with Crippen LogP contribution in [0.3, 0.4) is 0 Å². The second-order valence-electron chi connectivity index (χ2n) is 4.81. The Kier molecular flexibility index (Phi) is 1.80. The maximum absolute atomic E-state index is 5.92. The summed E-state index contributed by atoms with van der Waals surface area (Å²) in [7, 11) is 0. The average molecular weight is 165 g/mol. The molecule has 0 amide bonds. The van der Waals surface area contributed by atoms with E-state index in [2.05, 4.69) is 19.9 Å². The van der Waals surface area contributed by atoms with Crippen molar-refractivity contribution in [3.63, 3.8) is 0 Å². The quantitative estimate of drug-likeness (QED) is 0.593. The molecule has 0 heterocycles. The molecule has 2 atom stereocenters. The van der Waals surface area contributed by atoms with Gasteiger partial charge in [-0.3, -0.25) is 0 Å². The van der Waals surface area contributed by atoms with Crippen LogP contribution in [0, 0.1) is 11.3 Å². The molecule has 0 radical (unpaired) electrons. The molecular formula is C11H19N. The van der Waals surface area contributed by atoms with Crippen molar-refractivity contribution >= 4 is 0 Å². The molecule has 0 saturated heterocycles. The van der Waals surface area contributed by atoms with E-state index in [0.29, 0.717) is 11.5 Å². The number of nitrogens with two attached hydrogens (primary N) is 1. The van der Waals surface area contributed by atoms with Gasteiger partial charge >= 0.3 is 0 Å². The topological polar surface area (TPSA) is 26.0 Å². The van der Waals surface area contributed by atoms with Crippen LogP contribution < -0.4 is 5.73 Å². The van der Waals surface area contributed by atoms with E-state index in [1.54, 1.807) is 5.57 Å². The van der Waals surface area contributed by atoms with Crippen molar-refractivity contribution in [2.75, 3.05) is 0 Å². The molecule has 2 rings (SSSR count). The SMILES string of the molecule is CC(C)C1=CCC2(CC1)CC2N. The number of allylic oxidation sites excluding steroid dienone is 2. The average Bonchev–Trinajstić information content (AvgIpc) is 2.62. The zero-order valence-electron chi connectivity index (χ0n) is 8.14. The first-order valence-corrected chi connectivity index (χ1v) is 5.08. The molecule has 1 heteroatoms. The Morgan fingerprint density at radius 3 is 2.58 bits per heavy atom. The predicted molar refractivity (Wildman–Crippen MR) is 51.8 cm³/mol. The van der Waals surface area contributed by atoms with Gasteiger partial charge in [0, 0.05) is 6.04 Å². The van der Waals surface area contributed by atoms with Gasteiger partial charge in [0.1, 0.15) is 0 Å². The van der Waals surface area contributed by atoms with Crippen LogP contribution in [0.4, 0.5) is 0 Å². The number of hydrogen-bond donors (Lipinski definition) is 1. The van der Waals surface area contributed by atoms with E-state index in [-0.39, 0.29) is 0 Å². The molecule has 0 bridgehead atoms. The molecule has 12 heavy (non-hydrogen) atoms. The van der Waals surface area contributed by atoms with Crippen LogP contribution in [-0.2, 0) is 0 Å². The second-order valence-corrected chi connectivity index (χ2v) is 4.81. The van der Waals surface area contributed by atoms with Gasteiger partial charge in [0.05, 0.1) is 0 Å². The highest BCUT2D eigenvalue weighted by molar-refractivity contribution is 5.19. The highest BCUT2D eigenvalue weighted by Gasteiger charge is 2.51. The number of rotatable bonds is 1. The first kappa shape index (κ1) is 8.31. The molecule has 0 aromatic rings. The highest BCUT2D eigenvalue weighted by atomic mass is 14.8. The second kappa shape index (κ2) is 2.59. The lowest BCUT2D eigenvalue weighted by Crippen LogP contribution is -2.17. The lowest BCUT2D eigenvalue weighted by molar-refractivity contribution is 0.418. The zero-order valence-corrected chi connectivity index (χ0v) is 8.14. The van der Waals surface area contributed by atoms with Gasteiger partial charge in [0.25, 0.3) is 0 Å².